The molecule has 216 valence electrons. The molecule has 1 aromatic carbocycles. The third-order valence-electron chi connectivity index (χ3n) is 5.43. The van der Waals surface area contributed by atoms with E-state index in [9.17, 15) is 22.8 Å². The van der Waals surface area contributed by atoms with Gasteiger partial charge in [-0.3, -0.25) is 19.5 Å². The van der Waals surface area contributed by atoms with Crippen LogP contribution in [0.25, 0.3) is 0 Å². The maximum absolute atomic E-state index is 13.8. The standard InChI is InChI=1S/C27H33N3O3.C2HF3O2/c1-18-10-15-22(33-18)25(32)30(21-13-11-20(12-14-21)26(2,3)4)23(19-9-8-16-28-17-19)24(31)29-27(5,6)7;3-2(4,5)1(6)7/h8-17,23H,1-7H3,(H,29,31);(H,6,7). The molecule has 2 heterocycles. The summed E-state index contributed by atoms with van der Waals surface area (Å²) >= 11 is 0. The number of furan rings is 1. The number of aliphatic carboxylic acids is 1. The number of hydrogen-bond donors (Lipinski definition) is 2. The van der Waals surface area contributed by atoms with Gasteiger partial charge in [-0.2, -0.15) is 13.2 Å². The number of benzene rings is 1. The minimum absolute atomic E-state index is 0.0438. The van der Waals surface area contributed by atoms with Crippen molar-refractivity contribution in [1.29, 1.82) is 0 Å². The Kier molecular flexibility index (Phi) is 9.90. The second kappa shape index (κ2) is 12.4. The summed E-state index contributed by atoms with van der Waals surface area (Å²) in [6.45, 7) is 13.9. The normalized spacial score (nSPS) is 12.6. The Morgan fingerprint density at radius 2 is 1.52 bits per heavy atom. The van der Waals surface area contributed by atoms with E-state index in [2.05, 4.69) is 31.1 Å². The van der Waals surface area contributed by atoms with Gasteiger partial charge in [-0.15, -0.1) is 0 Å². The molecule has 11 heteroatoms. The van der Waals surface area contributed by atoms with Gasteiger partial charge in [0.25, 0.3) is 5.91 Å². The van der Waals surface area contributed by atoms with Gasteiger partial charge in [-0.05, 0) is 69.0 Å². The number of carboxylic acid groups (broad SMARTS) is 1. The summed E-state index contributed by atoms with van der Waals surface area (Å²) in [4.78, 5) is 41.9. The largest absolute Gasteiger partial charge is 0.490 e. The van der Waals surface area contributed by atoms with Crippen LogP contribution in [-0.4, -0.2) is 39.6 Å². The highest BCUT2D eigenvalue weighted by Crippen LogP contribution is 2.32. The van der Waals surface area contributed by atoms with Crippen LogP contribution in [0.1, 0.15) is 75.0 Å². The van der Waals surface area contributed by atoms with Gasteiger partial charge in [0.15, 0.2) is 5.76 Å². The molecular weight excluding hydrogens is 527 g/mol. The van der Waals surface area contributed by atoms with Gasteiger partial charge in [0.2, 0.25) is 5.91 Å². The number of aromatic nitrogens is 1. The van der Waals surface area contributed by atoms with E-state index in [0.29, 0.717) is 17.0 Å². The summed E-state index contributed by atoms with van der Waals surface area (Å²) in [5, 5.41) is 10.1. The van der Waals surface area contributed by atoms with E-state index >= 15 is 0 Å². The monoisotopic (exact) mass is 561 g/mol. The first-order valence-electron chi connectivity index (χ1n) is 12.3. The number of nitrogens with one attached hydrogen (secondary N) is 1. The van der Waals surface area contributed by atoms with Crippen molar-refractivity contribution in [3.8, 4) is 0 Å². The molecule has 40 heavy (non-hydrogen) atoms. The van der Waals surface area contributed by atoms with Crippen molar-refractivity contribution >= 4 is 23.5 Å². The summed E-state index contributed by atoms with van der Waals surface area (Å²) in [6, 6.07) is 13.7. The van der Waals surface area contributed by atoms with Crippen molar-refractivity contribution in [2.45, 2.75) is 71.6 Å². The fourth-order valence-corrected chi connectivity index (χ4v) is 3.57. The Hall–Kier alpha value is -4.15. The number of nitrogens with zero attached hydrogens (tertiary/aromatic N) is 2. The number of alkyl halides is 3. The van der Waals surface area contributed by atoms with Crippen LogP contribution in [0.5, 0.6) is 0 Å². The molecule has 0 bridgehead atoms. The second-order valence-corrected chi connectivity index (χ2v) is 11.1. The number of halogens is 3. The zero-order chi connectivity index (χ0) is 30.5. The fourth-order valence-electron chi connectivity index (χ4n) is 3.57. The number of hydrogen-bond acceptors (Lipinski definition) is 5. The van der Waals surface area contributed by atoms with Crippen LogP contribution in [-0.2, 0) is 15.0 Å². The number of carbonyl (C=O) groups is 3. The van der Waals surface area contributed by atoms with Gasteiger partial charge < -0.3 is 14.8 Å². The molecule has 0 aliphatic rings. The van der Waals surface area contributed by atoms with Crippen molar-refractivity contribution in [2.75, 3.05) is 4.90 Å². The highest BCUT2D eigenvalue weighted by Gasteiger charge is 2.38. The average Bonchev–Trinajstić information content (AvgIpc) is 3.27. The number of aryl methyl sites for hydroxylation is 1. The van der Waals surface area contributed by atoms with E-state index in [4.69, 9.17) is 14.3 Å². The van der Waals surface area contributed by atoms with Crippen LogP contribution >= 0.6 is 0 Å². The van der Waals surface area contributed by atoms with Crippen molar-refractivity contribution in [2.24, 2.45) is 0 Å². The first-order valence-corrected chi connectivity index (χ1v) is 12.3. The van der Waals surface area contributed by atoms with Crippen LogP contribution < -0.4 is 10.2 Å². The Morgan fingerprint density at radius 1 is 0.950 bits per heavy atom. The molecule has 0 saturated carbocycles. The number of carboxylic acids is 1. The summed E-state index contributed by atoms with van der Waals surface area (Å²) in [5.41, 5.74) is 1.81. The van der Waals surface area contributed by atoms with Crippen LogP contribution in [0.15, 0.2) is 65.3 Å². The summed E-state index contributed by atoms with van der Waals surface area (Å²) in [5.74, 6) is -2.66. The molecule has 2 aromatic heterocycles. The van der Waals surface area contributed by atoms with E-state index in [0.717, 1.165) is 5.56 Å². The molecule has 1 atom stereocenters. The van der Waals surface area contributed by atoms with Gasteiger partial charge in [0, 0.05) is 29.2 Å². The first-order chi connectivity index (χ1) is 18.3. The number of amides is 2. The third-order valence-corrected chi connectivity index (χ3v) is 5.43. The van der Waals surface area contributed by atoms with Crippen LogP contribution in [0.4, 0.5) is 18.9 Å². The Bertz CT molecular complexity index is 1310. The lowest BCUT2D eigenvalue weighted by atomic mass is 9.87. The summed E-state index contributed by atoms with van der Waals surface area (Å²) in [6.07, 6.45) is -1.83. The molecule has 0 aliphatic carbocycles. The molecule has 2 amide bonds. The van der Waals surface area contributed by atoms with E-state index in [-0.39, 0.29) is 17.1 Å². The third kappa shape index (κ3) is 8.96. The maximum atomic E-state index is 13.8. The zero-order valence-electron chi connectivity index (χ0n) is 23.5. The molecule has 0 aliphatic heterocycles. The van der Waals surface area contributed by atoms with Crippen molar-refractivity contribution < 1.29 is 37.1 Å². The van der Waals surface area contributed by atoms with E-state index < -0.39 is 29.6 Å². The van der Waals surface area contributed by atoms with E-state index in [1.54, 1.807) is 43.6 Å². The predicted octanol–water partition coefficient (Wildman–Crippen LogP) is 6.22. The van der Waals surface area contributed by atoms with Crippen molar-refractivity contribution in [3.63, 3.8) is 0 Å². The number of carbonyl (C=O) groups excluding carboxylic acids is 2. The second-order valence-electron chi connectivity index (χ2n) is 11.1. The minimum Gasteiger partial charge on any atom is -0.475 e. The molecule has 0 spiro atoms. The molecule has 3 aromatic rings. The molecule has 0 fully saturated rings. The molecule has 1 unspecified atom stereocenters. The minimum atomic E-state index is -5.08. The summed E-state index contributed by atoms with van der Waals surface area (Å²) < 4.78 is 37.4. The lowest BCUT2D eigenvalue weighted by Gasteiger charge is -2.33. The molecule has 0 saturated heterocycles. The van der Waals surface area contributed by atoms with Crippen LogP contribution in [0, 0.1) is 6.92 Å². The average molecular weight is 562 g/mol. The molecular formula is C29H34F3N3O5. The van der Waals surface area contributed by atoms with Gasteiger partial charge in [0.05, 0.1) is 0 Å². The molecule has 2 N–H and O–H groups in total. The van der Waals surface area contributed by atoms with E-state index in [1.807, 2.05) is 45.0 Å². The van der Waals surface area contributed by atoms with Crippen molar-refractivity contribution in [1.82, 2.24) is 10.3 Å². The zero-order valence-corrected chi connectivity index (χ0v) is 23.5. The Labute approximate surface area is 231 Å². The lowest BCUT2D eigenvalue weighted by molar-refractivity contribution is -0.192. The Balaban J connectivity index is 0.000000708. The topological polar surface area (TPSA) is 113 Å². The van der Waals surface area contributed by atoms with Gasteiger partial charge >= 0.3 is 12.1 Å². The highest BCUT2D eigenvalue weighted by molar-refractivity contribution is 6.08. The van der Waals surface area contributed by atoms with Crippen LogP contribution in [0.2, 0.25) is 0 Å². The van der Waals surface area contributed by atoms with Gasteiger partial charge in [0.1, 0.15) is 11.8 Å². The number of pyridine rings is 1. The van der Waals surface area contributed by atoms with E-state index in [1.165, 1.54) is 4.90 Å². The smallest absolute Gasteiger partial charge is 0.475 e. The van der Waals surface area contributed by atoms with Crippen LogP contribution in [0.3, 0.4) is 0 Å². The quantitative estimate of drug-likeness (QED) is 0.383. The predicted molar refractivity (Wildman–Crippen MR) is 144 cm³/mol. The fraction of sp³-hybridized carbons (Fsp3) is 0.379. The molecule has 8 nitrogen and oxygen atoms in total. The maximum Gasteiger partial charge on any atom is 0.490 e. The SMILES string of the molecule is Cc1ccc(C(=O)N(c2ccc(C(C)(C)C)cc2)C(C(=O)NC(C)(C)C)c2cccnc2)o1.O=C(O)C(F)(F)F. The Morgan fingerprint density at radius 3 is 1.93 bits per heavy atom. The molecule has 0 radical (unpaired) electrons. The van der Waals surface area contributed by atoms with Crippen molar-refractivity contribution in [3.05, 3.63) is 83.6 Å². The highest BCUT2D eigenvalue weighted by atomic mass is 19.4. The number of rotatable bonds is 5. The van der Waals surface area contributed by atoms with Gasteiger partial charge in [-0.25, -0.2) is 4.79 Å². The van der Waals surface area contributed by atoms with Gasteiger partial charge in [-0.1, -0.05) is 39.0 Å². The number of anilines is 1. The first kappa shape index (κ1) is 32.1. The lowest BCUT2D eigenvalue weighted by Crippen LogP contribution is -2.49. The summed E-state index contributed by atoms with van der Waals surface area (Å²) in [7, 11) is 0. The molecule has 3 rings (SSSR count).